The molecule has 140 valence electrons. The predicted molar refractivity (Wildman–Crippen MR) is 98.4 cm³/mol. The molecule has 0 unspecified atom stereocenters. The van der Waals surface area contributed by atoms with Crippen LogP contribution < -0.4 is 5.32 Å². The quantitative estimate of drug-likeness (QED) is 0.832. The van der Waals surface area contributed by atoms with Gasteiger partial charge in [0.15, 0.2) is 0 Å². The first-order chi connectivity index (χ1) is 11.8. The molecule has 2 aliphatic heterocycles. The molecule has 2 saturated heterocycles. The van der Waals surface area contributed by atoms with E-state index in [9.17, 15) is 4.79 Å². The minimum Gasteiger partial charge on any atom is -0.381 e. The molecule has 2 fully saturated rings. The minimum atomic E-state index is 0. The van der Waals surface area contributed by atoms with Crippen molar-refractivity contribution in [1.29, 1.82) is 0 Å². The summed E-state index contributed by atoms with van der Waals surface area (Å²) >= 11 is 0. The Morgan fingerprint density at radius 1 is 1.28 bits per heavy atom. The molecule has 0 spiro atoms. The summed E-state index contributed by atoms with van der Waals surface area (Å²) in [6.45, 7) is 6.27. The van der Waals surface area contributed by atoms with Crippen molar-refractivity contribution in [3.05, 3.63) is 24.3 Å². The molecule has 0 aromatic carbocycles. The Hall–Kier alpha value is -1.24. The number of ether oxygens (including phenoxy) is 1. The van der Waals surface area contributed by atoms with Crippen molar-refractivity contribution < 1.29 is 9.53 Å². The Balaban J connectivity index is 0.00000225. The Kier molecular flexibility index (Phi) is 8.06. The maximum absolute atomic E-state index is 12.6. The van der Waals surface area contributed by atoms with E-state index in [-0.39, 0.29) is 30.3 Å². The van der Waals surface area contributed by atoms with Gasteiger partial charge in [-0.15, -0.1) is 12.4 Å². The van der Waals surface area contributed by atoms with Crippen LogP contribution in [0.3, 0.4) is 0 Å². The van der Waals surface area contributed by atoms with Crippen LogP contribution in [0.5, 0.6) is 0 Å². The molecule has 0 aliphatic carbocycles. The van der Waals surface area contributed by atoms with E-state index in [0.717, 1.165) is 51.1 Å². The number of nitrogens with zero attached hydrogens (tertiary/aromatic N) is 3. The van der Waals surface area contributed by atoms with E-state index in [1.165, 1.54) is 0 Å². The van der Waals surface area contributed by atoms with Gasteiger partial charge in [-0.25, -0.2) is 9.97 Å². The molecule has 25 heavy (non-hydrogen) atoms. The molecule has 7 heteroatoms. The van der Waals surface area contributed by atoms with Crippen molar-refractivity contribution in [2.24, 2.45) is 11.8 Å². The van der Waals surface area contributed by atoms with Gasteiger partial charge in [0.05, 0.1) is 6.54 Å². The van der Waals surface area contributed by atoms with Gasteiger partial charge in [-0.05, 0) is 31.2 Å². The van der Waals surface area contributed by atoms with Crippen molar-refractivity contribution in [3.8, 4) is 0 Å². The number of amides is 1. The Labute approximate surface area is 156 Å². The minimum absolute atomic E-state index is 0. The van der Waals surface area contributed by atoms with Gasteiger partial charge in [-0.3, -0.25) is 9.69 Å². The normalized spacial score (nSPS) is 24.7. The molecule has 2 aliphatic rings. The van der Waals surface area contributed by atoms with Gasteiger partial charge in [0.1, 0.15) is 5.82 Å². The third-order valence-electron chi connectivity index (χ3n) is 5.08. The Morgan fingerprint density at radius 3 is 2.68 bits per heavy atom. The van der Waals surface area contributed by atoms with Gasteiger partial charge < -0.3 is 10.1 Å². The fourth-order valence-corrected chi connectivity index (χ4v) is 3.79. The summed E-state index contributed by atoms with van der Waals surface area (Å²) in [7, 11) is 0. The second kappa shape index (κ2) is 10.0. The van der Waals surface area contributed by atoms with Gasteiger partial charge >= 0.3 is 0 Å². The van der Waals surface area contributed by atoms with Gasteiger partial charge in [-0.1, -0.05) is 13.3 Å². The largest absolute Gasteiger partial charge is 0.381 e. The highest BCUT2D eigenvalue weighted by atomic mass is 35.5. The average Bonchev–Trinajstić information content (AvgIpc) is 2.98. The standard InChI is InChI=1S/C18H28N4O2.ClH/c1-2-4-15-11-22(13-17-19-7-3-8-20-17)12-16(15)21-18(23)14-5-9-24-10-6-14;/h3,7-8,14-16H,2,4-6,9-13H2,1H3,(H,21,23);1H/t15-,16-;/m0./s1. The summed E-state index contributed by atoms with van der Waals surface area (Å²) in [5.74, 6) is 1.70. The number of rotatable bonds is 6. The summed E-state index contributed by atoms with van der Waals surface area (Å²) in [5.41, 5.74) is 0. The molecule has 1 amide bonds. The van der Waals surface area contributed by atoms with Crippen molar-refractivity contribution >= 4 is 18.3 Å². The number of hydrogen-bond acceptors (Lipinski definition) is 5. The van der Waals surface area contributed by atoms with Crippen LogP contribution in [-0.4, -0.2) is 53.1 Å². The molecule has 1 N–H and O–H groups in total. The highest BCUT2D eigenvalue weighted by Gasteiger charge is 2.34. The number of likely N-dealkylation sites (tertiary alicyclic amines) is 1. The fraction of sp³-hybridized carbons (Fsp3) is 0.722. The third-order valence-corrected chi connectivity index (χ3v) is 5.08. The second-order valence-electron chi connectivity index (χ2n) is 6.91. The van der Waals surface area contributed by atoms with Crippen LogP contribution in [0.25, 0.3) is 0 Å². The van der Waals surface area contributed by atoms with Crippen LogP contribution in [0.15, 0.2) is 18.5 Å². The molecule has 6 nitrogen and oxygen atoms in total. The van der Waals surface area contributed by atoms with Gasteiger partial charge in [-0.2, -0.15) is 0 Å². The summed E-state index contributed by atoms with van der Waals surface area (Å²) in [4.78, 5) is 23.6. The zero-order valence-electron chi connectivity index (χ0n) is 14.9. The van der Waals surface area contributed by atoms with E-state index in [2.05, 4.69) is 27.1 Å². The van der Waals surface area contributed by atoms with Crippen molar-refractivity contribution in [3.63, 3.8) is 0 Å². The fourth-order valence-electron chi connectivity index (χ4n) is 3.79. The summed E-state index contributed by atoms with van der Waals surface area (Å²) in [6.07, 6.45) is 7.55. The molecule has 1 aromatic heterocycles. The van der Waals surface area contributed by atoms with E-state index >= 15 is 0 Å². The van der Waals surface area contributed by atoms with E-state index in [0.29, 0.717) is 19.1 Å². The molecular formula is C18H29ClN4O2. The van der Waals surface area contributed by atoms with Crippen LogP contribution in [0.2, 0.25) is 0 Å². The zero-order chi connectivity index (χ0) is 16.8. The molecule has 2 atom stereocenters. The molecule has 0 bridgehead atoms. The van der Waals surface area contributed by atoms with E-state index < -0.39 is 0 Å². The van der Waals surface area contributed by atoms with Gasteiger partial charge in [0.2, 0.25) is 5.91 Å². The van der Waals surface area contributed by atoms with E-state index in [1.54, 1.807) is 12.4 Å². The maximum atomic E-state index is 12.6. The molecule has 1 aromatic rings. The van der Waals surface area contributed by atoms with Crippen molar-refractivity contribution in [1.82, 2.24) is 20.2 Å². The van der Waals surface area contributed by atoms with E-state index in [1.807, 2.05) is 6.07 Å². The number of carbonyl (C=O) groups is 1. The second-order valence-corrected chi connectivity index (χ2v) is 6.91. The first-order valence-corrected chi connectivity index (χ1v) is 9.12. The molecular weight excluding hydrogens is 340 g/mol. The van der Waals surface area contributed by atoms with Crippen LogP contribution in [0, 0.1) is 11.8 Å². The summed E-state index contributed by atoms with van der Waals surface area (Å²) in [5, 5.41) is 3.32. The van der Waals surface area contributed by atoms with Gasteiger partial charge in [0, 0.05) is 50.7 Å². The number of nitrogens with one attached hydrogen (secondary N) is 1. The zero-order valence-corrected chi connectivity index (χ0v) is 15.7. The highest BCUT2D eigenvalue weighted by molar-refractivity contribution is 5.85. The Morgan fingerprint density at radius 2 is 2.00 bits per heavy atom. The lowest BCUT2D eigenvalue weighted by Gasteiger charge is -2.25. The highest BCUT2D eigenvalue weighted by Crippen LogP contribution is 2.24. The average molecular weight is 369 g/mol. The van der Waals surface area contributed by atoms with Crippen molar-refractivity contribution in [2.75, 3.05) is 26.3 Å². The van der Waals surface area contributed by atoms with Crippen LogP contribution in [0.4, 0.5) is 0 Å². The lowest BCUT2D eigenvalue weighted by Crippen LogP contribution is -2.44. The number of hydrogen-bond donors (Lipinski definition) is 1. The summed E-state index contributed by atoms with van der Waals surface area (Å²) in [6, 6.07) is 2.08. The monoisotopic (exact) mass is 368 g/mol. The summed E-state index contributed by atoms with van der Waals surface area (Å²) < 4.78 is 5.36. The molecule has 0 saturated carbocycles. The lowest BCUT2D eigenvalue weighted by molar-refractivity contribution is -0.128. The number of carbonyl (C=O) groups excluding carboxylic acids is 1. The van der Waals surface area contributed by atoms with Crippen LogP contribution in [-0.2, 0) is 16.1 Å². The van der Waals surface area contributed by atoms with Crippen LogP contribution >= 0.6 is 12.4 Å². The maximum Gasteiger partial charge on any atom is 0.223 e. The van der Waals surface area contributed by atoms with Crippen LogP contribution in [0.1, 0.15) is 38.4 Å². The SMILES string of the molecule is CCC[C@H]1CN(Cc2ncccn2)C[C@@H]1NC(=O)C1CCOCC1.Cl. The number of aromatic nitrogens is 2. The van der Waals surface area contributed by atoms with E-state index in [4.69, 9.17) is 4.74 Å². The topological polar surface area (TPSA) is 67.4 Å². The van der Waals surface area contributed by atoms with Crippen molar-refractivity contribution in [2.45, 2.75) is 45.2 Å². The molecule has 0 radical (unpaired) electrons. The first kappa shape index (κ1) is 20.1. The van der Waals surface area contributed by atoms with Gasteiger partial charge in [0.25, 0.3) is 0 Å². The lowest BCUT2D eigenvalue weighted by atomic mass is 9.95. The third kappa shape index (κ3) is 5.62. The molecule has 3 rings (SSSR count). The smallest absolute Gasteiger partial charge is 0.223 e. The Bertz CT molecular complexity index is 525. The predicted octanol–water partition coefficient (Wildman–Crippen LogP) is 2.04. The first-order valence-electron chi connectivity index (χ1n) is 9.12. The number of halogens is 1. The molecule has 3 heterocycles.